The predicted octanol–water partition coefficient (Wildman–Crippen LogP) is 7.61. The molecular weight excluding hydrogens is 472 g/mol. The van der Waals surface area contributed by atoms with Crippen LogP contribution in [0.4, 0.5) is 52.7 Å². The SMILES string of the molecule is Cc1c(C(F)(F)F)ccc(C(=O)c2ccc(C(F)(F)F)c(C)c2C(F)(F)F)c1C(F)(F)F. The maximum Gasteiger partial charge on any atom is 0.417 e. The normalized spacial score (nSPS) is 13.4. The standard InChI is InChI=1S/C19H10F12O/c1-7-11(16(20,21)22)5-3-9(13(7)18(26,27)28)15(32)10-4-6-12(17(23,24)25)8(2)14(10)19(29,30)31/h3-6H,1-2H3. The minimum atomic E-state index is -5.59. The van der Waals surface area contributed by atoms with Gasteiger partial charge in [-0.05, 0) is 49.2 Å². The first-order chi connectivity index (χ1) is 14.2. The maximum absolute atomic E-state index is 13.5. The first-order valence-electron chi connectivity index (χ1n) is 8.29. The summed E-state index contributed by atoms with van der Waals surface area (Å²) in [4.78, 5) is 12.6. The molecule has 1 nitrogen and oxygen atoms in total. The first-order valence-corrected chi connectivity index (χ1v) is 8.29. The zero-order chi connectivity index (χ0) is 25.0. The summed E-state index contributed by atoms with van der Waals surface area (Å²) >= 11 is 0. The Morgan fingerprint density at radius 3 is 1.03 bits per heavy atom. The van der Waals surface area contributed by atoms with Gasteiger partial charge in [0.05, 0.1) is 22.3 Å². The molecule has 0 aliphatic carbocycles. The molecule has 0 radical (unpaired) electrons. The van der Waals surface area contributed by atoms with Gasteiger partial charge >= 0.3 is 24.7 Å². The lowest BCUT2D eigenvalue weighted by Gasteiger charge is -2.22. The van der Waals surface area contributed by atoms with E-state index in [0.29, 0.717) is 13.8 Å². The van der Waals surface area contributed by atoms with Gasteiger partial charge in [0, 0.05) is 11.1 Å². The summed E-state index contributed by atoms with van der Waals surface area (Å²) in [6, 6.07) is 0.270. The van der Waals surface area contributed by atoms with E-state index in [1.165, 1.54) is 0 Å². The molecule has 0 unspecified atom stereocenters. The van der Waals surface area contributed by atoms with Crippen LogP contribution in [0.5, 0.6) is 0 Å². The van der Waals surface area contributed by atoms with Crippen LogP contribution in [0.2, 0.25) is 0 Å². The molecule has 0 N–H and O–H groups in total. The topological polar surface area (TPSA) is 17.1 Å². The first kappa shape index (κ1) is 25.5. The number of rotatable bonds is 2. The van der Waals surface area contributed by atoms with Gasteiger partial charge in [-0.1, -0.05) is 0 Å². The molecule has 0 fully saturated rings. The van der Waals surface area contributed by atoms with Crippen LogP contribution in [-0.2, 0) is 24.7 Å². The summed E-state index contributed by atoms with van der Waals surface area (Å²) in [7, 11) is 0. The van der Waals surface area contributed by atoms with Crippen molar-refractivity contribution in [3.63, 3.8) is 0 Å². The molecule has 2 aromatic rings. The fraction of sp³-hybridized carbons (Fsp3) is 0.316. The van der Waals surface area contributed by atoms with E-state index >= 15 is 0 Å². The van der Waals surface area contributed by atoms with Crippen molar-refractivity contribution in [2.75, 3.05) is 0 Å². The molecule has 176 valence electrons. The second-order valence-corrected chi connectivity index (χ2v) is 6.64. The molecule has 0 spiro atoms. The Hall–Kier alpha value is -2.73. The van der Waals surface area contributed by atoms with Crippen molar-refractivity contribution < 1.29 is 57.5 Å². The Labute approximate surface area is 171 Å². The number of hydrogen-bond acceptors (Lipinski definition) is 1. The Morgan fingerprint density at radius 2 is 0.812 bits per heavy atom. The Kier molecular flexibility index (Phi) is 6.14. The molecule has 0 saturated carbocycles. The van der Waals surface area contributed by atoms with Crippen molar-refractivity contribution in [3.8, 4) is 0 Å². The number of halogens is 12. The van der Waals surface area contributed by atoms with E-state index in [1.807, 2.05) is 0 Å². The van der Waals surface area contributed by atoms with Crippen LogP contribution in [-0.4, -0.2) is 5.78 Å². The van der Waals surface area contributed by atoms with Gasteiger partial charge in [0.15, 0.2) is 5.78 Å². The maximum atomic E-state index is 13.5. The third-order valence-corrected chi connectivity index (χ3v) is 4.60. The summed E-state index contributed by atoms with van der Waals surface area (Å²) in [6.07, 6.45) is -21.7. The highest BCUT2D eigenvalue weighted by Gasteiger charge is 2.45. The molecule has 0 amide bonds. The lowest BCUT2D eigenvalue weighted by Crippen LogP contribution is -2.23. The lowest BCUT2D eigenvalue weighted by molar-refractivity contribution is -0.145. The zero-order valence-corrected chi connectivity index (χ0v) is 15.8. The van der Waals surface area contributed by atoms with Crippen molar-refractivity contribution in [1.29, 1.82) is 0 Å². The summed E-state index contributed by atoms with van der Waals surface area (Å²) in [5.74, 6) is -2.03. The van der Waals surface area contributed by atoms with Gasteiger partial charge in [-0.2, -0.15) is 52.7 Å². The molecule has 2 aromatic carbocycles. The summed E-state index contributed by atoms with van der Waals surface area (Å²) < 4.78 is 159. The Balaban J connectivity index is 2.90. The number of ketones is 1. The minimum Gasteiger partial charge on any atom is -0.289 e. The highest BCUT2D eigenvalue weighted by atomic mass is 19.4. The van der Waals surface area contributed by atoms with Crippen LogP contribution in [0.15, 0.2) is 24.3 Å². The lowest BCUT2D eigenvalue weighted by atomic mass is 9.87. The Bertz CT molecular complexity index is 969. The van der Waals surface area contributed by atoms with Crippen molar-refractivity contribution in [2.45, 2.75) is 38.6 Å². The summed E-state index contributed by atoms with van der Waals surface area (Å²) in [6.45, 7) is 0.760. The van der Waals surface area contributed by atoms with Crippen LogP contribution in [0.3, 0.4) is 0 Å². The fourth-order valence-corrected chi connectivity index (χ4v) is 3.29. The van der Waals surface area contributed by atoms with Crippen LogP contribution in [0.1, 0.15) is 49.3 Å². The third kappa shape index (κ3) is 4.70. The van der Waals surface area contributed by atoms with E-state index in [4.69, 9.17) is 0 Å². The second kappa shape index (κ2) is 7.69. The third-order valence-electron chi connectivity index (χ3n) is 4.60. The van der Waals surface area contributed by atoms with Crippen LogP contribution in [0, 0.1) is 13.8 Å². The molecule has 0 aliphatic rings. The van der Waals surface area contributed by atoms with Crippen molar-refractivity contribution in [3.05, 3.63) is 68.8 Å². The number of alkyl halides is 12. The van der Waals surface area contributed by atoms with E-state index in [2.05, 4.69) is 0 Å². The molecule has 0 bridgehead atoms. The quantitative estimate of drug-likeness (QED) is 0.318. The average Bonchev–Trinajstić information content (AvgIpc) is 2.55. The van der Waals surface area contributed by atoms with Gasteiger partial charge in [-0.25, -0.2) is 0 Å². The van der Waals surface area contributed by atoms with Crippen LogP contribution < -0.4 is 0 Å². The minimum absolute atomic E-state index is 0.0497. The molecule has 0 heterocycles. The molecule has 0 saturated heterocycles. The smallest absolute Gasteiger partial charge is 0.289 e. The zero-order valence-electron chi connectivity index (χ0n) is 15.8. The van der Waals surface area contributed by atoms with Crippen LogP contribution in [0.25, 0.3) is 0 Å². The van der Waals surface area contributed by atoms with E-state index in [1.54, 1.807) is 0 Å². The fourth-order valence-electron chi connectivity index (χ4n) is 3.29. The monoisotopic (exact) mass is 482 g/mol. The van der Waals surface area contributed by atoms with E-state index in [-0.39, 0.29) is 24.3 Å². The van der Waals surface area contributed by atoms with Gasteiger partial charge < -0.3 is 0 Å². The second-order valence-electron chi connectivity index (χ2n) is 6.64. The van der Waals surface area contributed by atoms with Gasteiger partial charge in [0.25, 0.3) is 0 Å². The van der Waals surface area contributed by atoms with Crippen molar-refractivity contribution in [2.24, 2.45) is 0 Å². The van der Waals surface area contributed by atoms with E-state index < -0.39 is 75.0 Å². The largest absolute Gasteiger partial charge is 0.417 e. The van der Waals surface area contributed by atoms with Crippen LogP contribution >= 0.6 is 0 Å². The van der Waals surface area contributed by atoms with Crippen molar-refractivity contribution in [1.82, 2.24) is 0 Å². The summed E-state index contributed by atoms with van der Waals surface area (Å²) in [5, 5.41) is 0. The van der Waals surface area contributed by atoms with Gasteiger partial charge in [0.1, 0.15) is 0 Å². The van der Waals surface area contributed by atoms with Gasteiger partial charge in [0.2, 0.25) is 0 Å². The highest BCUT2D eigenvalue weighted by molar-refractivity contribution is 6.11. The van der Waals surface area contributed by atoms with E-state index in [9.17, 15) is 57.5 Å². The molecular formula is C19H10F12O. The van der Waals surface area contributed by atoms with Crippen molar-refractivity contribution >= 4 is 5.78 Å². The Morgan fingerprint density at radius 1 is 0.531 bits per heavy atom. The molecule has 13 heteroatoms. The number of carbonyl (C=O) groups excluding carboxylic acids is 1. The molecule has 2 rings (SSSR count). The molecule has 0 aliphatic heterocycles. The highest BCUT2D eigenvalue weighted by Crippen LogP contribution is 2.44. The number of benzene rings is 2. The summed E-state index contributed by atoms with van der Waals surface area (Å²) in [5.41, 5.74) is -13.9. The van der Waals surface area contributed by atoms with Gasteiger partial charge in [-0.3, -0.25) is 4.79 Å². The molecule has 0 atom stereocenters. The number of hydrogen-bond donors (Lipinski definition) is 0. The predicted molar refractivity (Wildman–Crippen MR) is 85.8 cm³/mol. The molecule has 0 aromatic heterocycles. The average molecular weight is 482 g/mol. The number of carbonyl (C=O) groups is 1. The molecule has 32 heavy (non-hydrogen) atoms. The van der Waals surface area contributed by atoms with Gasteiger partial charge in [-0.15, -0.1) is 0 Å². The van der Waals surface area contributed by atoms with E-state index in [0.717, 1.165) is 0 Å².